The van der Waals surface area contributed by atoms with Gasteiger partial charge in [0, 0.05) is 12.3 Å². The minimum Gasteiger partial charge on any atom is -0.291 e. The summed E-state index contributed by atoms with van der Waals surface area (Å²) in [7, 11) is 0. The van der Waals surface area contributed by atoms with Crippen LogP contribution < -0.4 is 16.4 Å². The van der Waals surface area contributed by atoms with Crippen LogP contribution in [0.15, 0.2) is 17.1 Å². The zero-order chi connectivity index (χ0) is 8.10. The monoisotopic (exact) mass is 154 g/mol. The molecular formula is C5H6N4O2. The molecule has 0 saturated heterocycles. The van der Waals surface area contributed by atoms with Crippen molar-refractivity contribution in [2.24, 2.45) is 0 Å². The quantitative estimate of drug-likeness (QED) is 0.378. The van der Waals surface area contributed by atoms with E-state index < -0.39 is 0 Å². The van der Waals surface area contributed by atoms with Crippen LogP contribution in [0.25, 0.3) is 0 Å². The van der Waals surface area contributed by atoms with Gasteiger partial charge >= 0.3 is 0 Å². The zero-order valence-corrected chi connectivity index (χ0v) is 5.50. The number of rotatable bonds is 3. The molecule has 0 spiro atoms. The molecule has 0 atom stereocenters. The number of aromatic amines is 1. The molecule has 0 saturated carbocycles. The number of carbonyl (C=O) groups excluding carboxylic acids is 1. The van der Waals surface area contributed by atoms with E-state index in [9.17, 15) is 9.59 Å². The minimum atomic E-state index is -0.282. The molecule has 58 valence electrons. The van der Waals surface area contributed by atoms with E-state index >= 15 is 0 Å². The van der Waals surface area contributed by atoms with E-state index in [0.29, 0.717) is 6.41 Å². The van der Waals surface area contributed by atoms with Gasteiger partial charge < -0.3 is 0 Å². The summed E-state index contributed by atoms with van der Waals surface area (Å²) in [5.74, 6) is 0.199. The Labute approximate surface area is 61.6 Å². The van der Waals surface area contributed by atoms with Gasteiger partial charge in [0.25, 0.3) is 5.56 Å². The summed E-state index contributed by atoms with van der Waals surface area (Å²) in [6, 6.07) is 1.27. The summed E-state index contributed by atoms with van der Waals surface area (Å²) >= 11 is 0. The molecule has 1 amide bonds. The average Bonchev–Trinajstić information content (AvgIpc) is 2.01. The molecule has 0 fully saturated rings. The fourth-order valence-corrected chi connectivity index (χ4v) is 0.531. The maximum Gasteiger partial charge on any atom is 0.252 e. The Morgan fingerprint density at radius 2 is 2.45 bits per heavy atom. The molecule has 1 heterocycles. The molecule has 0 unspecified atom stereocenters. The normalized spacial score (nSPS) is 8.73. The van der Waals surface area contributed by atoms with E-state index in [-0.39, 0.29) is 11.5 Å². The van der Waals surface area contributed by atoms with Gasteiger partial charge in [-0.3, -0.25) is 25.4 Å². The van der Waals surface area contributed by atoms with Crippen LogP contribution in [-0.4, -0.2) is 16.4 Å². The van der Waals surface area contributed by atoms with Gasteiger partial charge in [0.05, 0.1) is 0 Å². The van der Waals surface area contributed by atoms with Crippen LogP contribution in [0.3, 0.4) is 0 Å². The van der Waals surface area contributed by atoms with Crippen molar-refractivity contribution in [2.45, 2.75) is 0 Å². The number of H-pyrrole nitrogens is 1. The molecule has 0 aliphatic heterocycles. The molecular weight excluding hydrogens is 148 g/mol. The van der Waals surface area contributed by atoms with E-state index in [1.807, 2.05) is 0 Å². The second-order valence-corrected chi connectivity index (χ2v) is 1.67. The molecule has 1 rings (SSSR count). The van der Waals surface area contributed by atoms with Crippen LogP contribution in [-0.2, 0) is 4.79 Å². The lowest BCUT2D eigenvalue weighted by molar-refractivity contribution is -0.109. The maximum absolute atomic E-state index is 10.6. The van der Waals surface area contributed by atoms with Crippen molar-refractivity contribution in [2.75, 3.05) is 5.43 Å². The third-order valence-electron chi connectivity index (χ3n) is 0.921. The van der Waals surface area contributed by atoms with Gasteiger partial charge in [-0.1, -0.05) is 0 Å². The smallest absolute Gasteiger partial charge is 0.252 e. The van der Waals surface area contributed by atoms with Gasteiger partial charge in [-0.25, -0.2) is 4.98 Å². The van der Waals surface area contributed by atoms with Gasteiger partial charge in [0.15, 0.2) is 0 Å². The highest BCUT2D eigenvalue weighted by Gasteiger charge is 1.89. The summed E-state index contributed by atoms with van der Waals surface area (Å²) in [6.07, 6.45) is 1.76. The summed E-state index contributed by atoms with van der Waals surface area (Å²) < 4.78 is 0. The van der Waals surface area contributed by atoms with E-state index in [4.69, 9.17) is 0 Å². The Morgan fingerprint density at radius 1 is 1.64 bits per heavy atom. The molecule has 1 aromatic rings. The summed E-state index contributed by atoms with van der Waals surface area (Å²) in [5.41, 5.74) is 4.20. The largest absolute Gasteiger partial charge is 0.291 e. The van der Waals surface area contributed by atoms with Gasteiger partial charge in [-0.15, -0.1) is 0 Å². The summed E-state index contributed by atoms with van der Waals surface area (Å²) in [6.45, 7) is 0. The third kappa shape index (κ3) is 2.09. The standard InChI is InChI=1S/C5H6N4O2/c10-3-7-9-5-6-2-1-4(11)8-5/h1-3H,(H,7,10)(H2,6,8,9,11). The first-order valence-corrected chi connectivity index (χ1v) is 2.83. The zero-order valence-electron chi connectivity index (χ0n) is 5.50. The van der Waals surface area contributed by atoms with Crippen LogP contribution in [0.2, 0.25) is 0 Å². The lowest BCUT2D eigenvalue weighted by Gasteiger charge is -1.99. The Bertz CT molecular complexity index is 295. The number of amides is 1. The first-order valence-electron chi connectivity index (χ1n) is 2.83. The number of nitrogens with zero attached hydrogens (tertiary/aromatic N) is 1. The molecule has 11 heavy (non-hydrogen) atoms. The Balaban J connectivity index is 2.71. The average molecular weight is 154 g/mol. The predicted molar refractivity (Wildman–Crippen MR) is 37.7 cm³/mol. The van der Waals surface area contributed by atoms with Crippen molar-refractivity contribution in [3.05, 3.63) is 22.6 Å². The molecule has 0 radical (unpaired) electrons. The number of hydrazine groups is 1. The minimum absolute atomic E-state index is 0.199. The number of anilines is 1. The molecule has 1 aromatic heterocycles. The lowest BCUT2D eigenvalue weighted by atomic mass is 10.7. The molecule has 6 heteroatoms. The summed E-state index contributed by atoms with van der Waals surface area (Å²) in [4.78, 5) is 26.4. The van der Waals surface area contributed by atoms with Crippen LogP contribution in [0.5, 0.6) is 0 Å². The van der Waals surface area contributed by atoms with Gasteiger partial charge in [-0.2, -0.15) is 0 Å². The van der Waals surface area contributed by atoms with Crippen LogP contribution in [0, 0.1) is 0 Å². The molecule has 0 aromatic carbocycles. The number of nitrogens with one attached hydrogen (secondary N) is 3. The number of hydrogen-bond donors (Lipinski definition) is 3. The van der Waals surface area contributed by atoms with Gasteiger partial charge in [-0.05, 0) is 0 Å². The number of aromatic nitrogens is 2. The highest BCUT2D eigenvalue weighted by Crippen LogP contribution is 1.84. The van der Waals surface area contributed by atoms with Crippen LogP contribution in [0.1, 0.15) is 0 Å². The Kier molecular flexibility index (Phi) is 2.21. The Hall–Kier alpha value is -1.85. The van der Waals surface area contributed by atoms with Crippen molar-refractivity contribution in [1.29, 1.82) is 0 Å². The topological polar surface area (TPSA) is 86.9 Å². The highest BCUT2D eigenvalue weighted by atomic mass is 16.1. The number of hydrogen-bond acceptors (Lipinski definition) is 4. The maximum atomic E-state index is 10.6. The SMILES string of the molecule is O=CNNc1nccc(=O)[nH]1. The second kappa shape index (κ2) is 3.35. The van der Waals surface area contributed by atoms with Gasteiger partial charge in [0.2, 0.25) is 12.4 Å². The van der Waals surface area contributed by atoms with Crippen molar-refractivity contribution in [3.8, 4) is 0 Å². The molecule has 3 N–H and O–H groups in total. The Morgan fingerprint density at radius 3 is 3.09 bits per heavy atom. The number of carbonyl (C=O) groups is 1. The van der Waals surface area contributed by atoms with E-state index in [1.54, 1.807) is 0 Å². The van der Waals surface area contributed by atoms with Crippen molar-refractivity contribution >= 4 is 12.4 Å². The van der Waals surface area contributed by atoms with E-state index in [2.05, 4.69) is 20.8 Å². The van der Waals surface area contributed by atoms with E-state index in [1.165, 1.54) is 12.3 Å². The predicted octanol–water partition coefficient (Wildman–Crippen LogP) is -1.16. The first kappa shape index (κ1) is 7.26. The van der Waals surface area contributed by atoms with Crippen molar-refractivity contribution in [3.63, 3.8) is 0 Å². The van der Waals surface area contributed by atoms with Gasteiger partial charge in [0.1, 0.15) is 0 Å². The first-order chi connectivity index (χ1) is 5.33. The molecule has 6 nitrogen and oxygen atoms in total. The van der Waals surface area contributed by atoms with Crippen LogP contribution >= 0.6 is 0 Å². The highest BCUT2D eigenvalue weighted by molar-refractivity contribution is 5.48. The molecule has 0 bridgehead atoms. The molecule has 0 aliphatic rings. The van der Waals surface area contributed by atoms with Crippen LogP contribution in [0.4, 0.5) is 5.95 Å². The third-order valence-corrected chi connectivity index (χ3v) is 0.921. The summed E-state index contributed by atoms with van der Waals surface area (Å²) in [5, 5.41) is 0. The second-order valence-electron chi connectivity index (χ2n) is 1.67. The fraction of sp³-hybridized carbons (Fsp3) is 0. The lowest BCUT2D eigenvalue weighted by Crippen LogP contribution is -2.22. The van der Waals surface area contributed by atoms with Crippen molar-refractivity contribution < 1.29 is 4.79 Å². The van der Waals surface area contributed by atoms with Crippen molar-refractivity contribution in [1.82, 2.24) is 15.4 Å². The van der Waals surface area contributed by atoms with E-state index in [0.717, 1.165) is 0 Å². The molecule has 0 aliphatic carbocycles. The fourth-order valence-electron chi connectivity index (χ4n) is 0.531.